The molecule has 3 rings (SSSR count). The predicted molar refractivity (Wildman–Crippen MR) is 94.6 cm³/mol. The molecular weight excluding hydrogens is 340 g/mol. The molecule has 0 saturated carbocycles. The first kappa shape index (κ1) is 17.3. The number of ether oxygens (including phenoxy) is 1. The second-order valence-electron chi connectivity index (χ2n) is 6.05. The van der Waals surface area contributed by atoms with Crippen molar-refractivity contribution in [1.82, 2.24) is 4.72 Å². The van der Waals surface area contributed by atoms with Gasteiger partial charge >= 0.3 is 5.97 Å². The average Bonchev–Trinajstić information content (AvgIpc) is 2.90. The van der Waals surface area contributed by atoms with Crippen LogP contribution in [0.15, 0.2) is 65.7 Å². The van der Waals surface area contributed by atoms with Gasteiger partial charge in [0.1, 0.15) is 0 Å². The number of sulfonamides is 1. The van der Waals surface area contributed by atoms with E-state index in [0.717, 1.165) is 6.26 Å². The quantitative estimate of drug-likeness (QED) is 0.829. The van der Waals surface area contributed by atoms with E-state index in [1.165, 1.54) is 0 Å². The van der Waals surface area contributed by atoms with Crippen LogP contribution in [0.5, 0.6) is 0 Å². The van der Waals surface area contributed by atoms with Gasteiger partial charge in [-0.15, -0.1) is 0 Å². The first-order chi connectivity index (χ1) is 11.8. The average molecular weight is 358 g/mol. The molecule has 0 spiro atoms. The van der Waals surface area contributed by atoms with Gasteiger partial charge in [-0.3, -0.25) is 0 Å². The Morgan fingerprint density at radius 2 is 1.60 bits per heavy atom. The van der Waals surface area contributed by atoms with Crippen LogP contribution in [0.25, 0.3) is 0 Å². The van der Waals surface area contributed by atoms with Crippen molar-refractivity contribution in [2.45, 2.75) is 18.5 Å². The predicted octanol–water partition coefficient (Wildman–Crippen LogP) is 2.04. The van der Waals surface area contributed by atoms with Crippen molar-refractivity contribution in [2.24, 2.45) is 4.99 Å². The lowest BCUT2D eigenvalue weighted by molar-refractivity contribution is -0.139. The largest absolute Gasteiger partial charge is 0.405 e. The van der Waals surface area contributed by atoms with E-state index in [-0.39, 0.29) is 5.90 Å². The maximum absolute atomic E-state index is 12.6. The number of carbonyl (C=O) groups is 1. The summed E-state index contributed by atoms with van der Waals surface area (Å²) in [5, 5.41) is 0. The minimum absolute atomic E-state index is 0.185. The molecule has 0 amide bonds. The van der Waals surface area contributed by atoms with Crippen molar-refractivity contribution in [3.63, 3.8) is 0 Å². The Labute approximate surface area is 146 Å². The second kappa shape index (κ2) is 6.42. The lowest BCUT2D eigenvalue weighted by Gasteiger charge is -2.28. The zero-order valence-electron chi connectivity index (χ0n) is 13.8. The van der Waals surface area contributed by atoms with Gasteiger partial charge in [-0.2, -0.15) is 0 Å². The third kappa shape index (κ3) is 3.62. The molecule has 6 nitrogen and oxygen atoms in total. The van der Waals surface area contributed by atoms with Crippen molar-refractivity contribution in [2.75, 3.05) is 6.26 Å². The van der Waals surface area contributed by atoms with E-state index < -0.39 is 27.6 Å². The van der Waals surface area contributed by atoms with Crippen LogP contribution in [0.4, 0.5) is 0 Å². The van der Waals surface area contributed by atoms with Crippen molar-refractivity contribution >= 4 is 21.9 Å². The summed E-state index contributed by atoms with van der Waals surface area (Å²) in [5.41, 5.74) is -0.119. The summed E-state index contributed by atoms with van der Waals surface area (Å²) >= 11 is 0. The number of cyclic esters (lactones) is 1. The van der Waals surface area contributed by atoms with Gasteiger partial charge in [-0.05, 0) is 24.6 Å². The van der Waals surface area contributed by atoms with Crippen molar-refractivity contribution in [3.05, 3.63) is 71.8 Å². The number of nitrogens with one attached hydrogen (secondary N) is 1. The van der Waals surface area contributed by atoms with Crippen molar-refractivity contribution in [3.8, 4) is 0 Å². The van der Waals surface area contributed by atoms with E-state index in [1.807, 2.05) is 24.3 Å². The summed E-state index contributed by atoms with van der Waals surface area (Å²) in [6.45, 7) is 1.57. The molecule has 0 radical (unpaired) electrons. The number of aliphatic imine (C=N–C) groups is 1. The molecule has 0 unspecified atom stereocenters. The molecule has 7 heteroatoms. The monoisotopic (exact) mass is 358 g/mol. The van der Waals surface area contributed by atoms with Gasteiger partial charge in [0.15, 0.2) is 5.54 Å². The molecule has 1 aliphatic rings. The molecule has 2 aromatic carbocycles. The lowest BCUT2D eigenvalue weighted by Crippen LogP contribution is -2.46. The minimum atomic E-state index is -3.58. The number of hydrogen-bond donors (Lipinski definition) is 1. The first-order valence-electron chi connectivity index (χ1n) is 7.69. The van der Waals surface area contributed by atoms with Crippen molar-refractivity contribution < 1.29 is 17.9 Å². The summed E-state index contributed by atoms with van der Waals surface area (Å²) in [5.74, 6) is -0.416. The summed E-state index contributed by atoms with van der Waals surface area (Å²) in [6, 6.07) is 17.0. The molecule has 1 N–H and O–H groups in total. The third-order valence-electron chi connectivity index (χ3n) is 3.98. The molecule has 1 aliphatic heterocycles. The fourth-order valence-corrected chi connectivity index (χ4v) is 3.52. The van der Waals surface area contributed by atoms with Gasteiger partial charge in [0.25, 0.3) is 0 Å². The highest BCUT2D eigenvalue weighted by Crippen LogP contribution is 2.35. The molecule has 2 aromatic rings. The van der Waals surface area contributed by atoms with Crippen LogP contribution >= 0.6 is 0 Å². The van der Waals surface area contributed by atoms with E-state index in [9.17, 15) is 13.2 Å². The van der Waals surface area contributed by atoms with Crippen LogP contribution in [0.2, 0.25) is 0 Å². The van der Waals surface area contributed by atoms with Gasteiger partial charge in [0.05, 0.1) is 12.3 Å². The zero-order valence-corrected chi connectivity index (χ0v) is 14.7. The smallest absolute Gasteiger partial charge is 0.342 e. The molecule has 0 saturated heterocycles. The Hall–Kier alpha value is -2.51. The fraction of sp³-hybridized carbons (Fsp3) is 0.222. The topological polar surface area (TPSA) is 84.8 Å². The summed E-state index contributed by atoms with van der Waals surface area (Å²) in [6.07, 6.45) is 1.05. The van der Waals surface area contributed by atoms with Gasteiger partial charge in [0.2, 0.25) is 15.9 Å². The Bertz CT molecular complexity index is 911. The maximum atomic E-state index is 12.6. The van der Waals surface area contributed by atoms with Gasteiger partial charge < -0.3 is 4.74 Å². The van der Waals surface area contributed by atoms with E-state index >= 15 is 0 Å². The maximum Gasteiger partial charge on any atom is 0.342 e. The first-order valence-corrected chi connectivity index (χ1v) is 9.58. The van der Waals surface area contributed by atoms with E-state index in [2.05, 4.69) is 9.71 Å². The Balaban J connectivity index is 2.07. The van der Waals surface area contributed by atoms with Gasteiger partial charge in [0, 0.05) is 5.56 Å². The van der Waals surface area contributed by atoms with Crippen molar-refractivity contribution in [1.29, 1.82) is 0 Å². The molecule has 0 bridgehead atoms. The highest BCUT2D eigenvalue weighted by molar-refractivity contribution is 7.88. The summed E-state index contributed by atoms with van der Waals surface area (Å²) in [7, 11) is -3.58. The van der Waals surface area contributed by atoms with Gasteiger partial charge in [-0.25, -0.2) is 22.9 Å². The third-order valence-corrected chi connectivity index (χ3v) is 4.65. The Morgan fingerprint density at radius 1 is 1.04 bits per heavy atom. The molecule has 0 aromatic heterocycles. The molecule has 25 heavy (non-hydrogen) atoms. The summed E-state index contributed by atoms with van der Waals surface area (Å²) in [4.78, 5) is 17.1. The molecular formula is C18H18N2O4S. The standard InChI is InChI=1S/C18H18N2O4S/c1-18(15(20-25(2,22)23)13-9-5-3-6-10-13)17(21)24-16(19-18)14-11-7-4-8-12-14/h3-12,15,20H,1-2H3/t15-,18-/m0/s1. The number of carbonyl (C=O) groups excluding carboxylic acids is 1. The number of esters is 1. The Kier molecular flexibility index (Phi) is 4.45. The van der Waals surface area contributed by atoms with Crippen LogP contribution in [0.1, 0.15) is 24.1 Å². The lowest BCUT2D eigenvalue weighted by atomic mass is 9.88. The number of rotatable bonds is 5. The number of benzene rings is 2. The second-order valence-corrected chi connectivity index (χ2v) is 7.83. The van der Waals surface area contributed by atoms with Crippen LogP contribution in [-0.4, -0.2) is 32.1 Å². The zero-order chi connectivity index (χ0) is 18.1. The fourth-order valence-electron chi connectivity index (χ4n) is 2.72. The van der Waals surface area contributed by atoms with Gasteiger partial charge in [-0.1, -0.05) is 48.5 Å². The molecule has 1 heterocycles. The van der Waals surface area contributed by atoms with Crippen LogP contribution in [-0.2, 0) is 19.6 Å². The van der Waals surface area contributed by atoms with Crippen LogP contribution in [0.3, 0.4) is 0 Å². The molecule has 2 atom stereocenters. The molecule has 0 aliphatic carbocycles. The number of nitrogens with zero attached hydrogens (tertiary/aromatic N) is 1. The minimum Gasteiger partial charge on any atom is -0.405 e. The highest BCUT2D eigenvalue weighted by atomic mass is 32.2. The van der Waals surface area contributed by atoms with Crippen LogP contribution < -0.4 is 4.72 Å². The highest BCUT2D eigenvalue weighted by Gasteiger charge is 2.50. The van der Waals surface area contributed by atoms with E-state index in [0.29, 0.717) is 11.1 Å². The summed E-state index contributed by atoms with van der Waals surface area (Å²) < 4.78 is 31.6. The van der Waals surface area contributed by atoms with E-state index in [4.69, 9.17) is 4.74 Å². The normalized spacial score (nSPS) is 21.5. The van der Waals surface area contributed by atoms with Crippen LogP contribution in [0, 0.1) is 0 Å². The SMILES string of the molecule is C[C@@]1([C@@H](NS(C)(=O)=O)c2ccccc2)N=C(c2ccccc2)OC1=O. The van der Waals surface area contributed by atoms with E-state index in [1.54, 1.807) is 43.3 Å². The molecule has 0 fully saturated rings. The number of hydrogen-bond acceptors (Lipinski definition) is 5. The molecule has 130 valence electrons. The Morgan fingerprint density at radius 3 is 2.16 bits per heavy atom.